The highest BCUT2D eigenvalue weighted by Gasteiger charge is 2.22. The summed E-state index contributed by atoms with van der Waals surface area (Å²) in [5.41, 5.74) is 4.29. The third-order valence-corrected chi connectivity index (χ3v) is 7.23. The third-order valence-electron chi connectivity index (χ3n) is 7.23. The molecule has 3 N–H and O–H groups in total. The van der Waals surface area contributed by atoms with Crippen molar-refractivity contribution in [2.24, 2.45) is 0 Å². The van der Waals surface area contributed by atoms with Crippen LogP contribution in [0.25, 0.3) is 21.5 Å². The molecule has 0 fully saturated rings. The van der Waals surface area contributed by atoms with Gasteiger partial charge in [0, 0.05) is 0 Å². The van der Waals surface area contributed by atoms with Gasteiger partial charge in [-0.15, -0.1) is 5.10 Å². The summed E-state index contributed by atoms with van der Waals surface area (Å²) in [5.74, 6) is -0.269. The predicted octanol–water partition coefficient (Wildman–Crippen LogP) is 4.69. The van der Waals surface area contributed by atoms with Crippen molar-refractivity contribution in [3.8, 4) is 5.75 Å². The van der Waals surface area contributed by atoms with Crippen LogP contribution in [0.1, 0.15) is 42.1 Å². The Bertz CT molecular complexity index is 1660. The average Bonchev–Trinajstić information content (AvgIpc) is 3.47. The fourth-order valence-corrected chi connectivity index (χ4v) is 4.96. The minimum absolute atomic E-state index is 0.00802. The minimum Gasteiger partial charge on any atom is -0.497 e. The summed E-state index contributed by atoms with van der Waals surface area (Å²) in [6.07, 6.45) is 2.06. The lowest BCUT2D eigenvalue weighted by Gasteiger charge is -2.20. The molecule has 0 aliphatic carbocycles. The summed E-state index contributed by atoms with van der Waals surface area (Å²) in [6, 6.07) is 25.6. The van der Waals surface area contributed by atoms with Crippen molar-refractivity contribution >= 4 is 33.4 Å². The van der Waals surface area contributed by atoms with E-state index in [1.807, 2.05) is 79.7 Å². The molecule has 40 heavy (non-hydrogen) atoms. The van der Waals surface area contributed by atoms with Gasteiger partial charge in [-0.2, -0.15) is 0 Å². The molecule has 4 aromatic carbocycles. The van der Waals surface area contributed by atoms with Gasteiger partial charge in [-0.3, -0.25) is 14.8 Å². The molecule has 2 amide bonds. The van der Waals surface area contributed by atoms with E-state index in [-0.39, 0.29) is 24.8 Å². The van der Waals surface area contributed by atoms with Crippen LogP contribution in [0.2, 0.25) is 0 Å². The molecule has 0 spiro atoms. The summed E-state index contributed by atoms with van der Waals surface area (Å²) < 4.78 is 6.95. The lowest BCUT2D eigenvalue weighted by molar-refractivity contribution is -0.130. The fourth-order valence-electron chi connectivity index (χ4n) is 4.96. The van der Waals surface area contributed by atoms with Crippen LogP contribution in [0.15, 0.2) is 85.1 Å². The molecule has 9 nitrogen and oxygen atoms in total. The van der Waals surface area contributed by atoms with E-state index in [1.165, 1.54) is 0 Å². The van der Waals surface area contributed by atoms with Crippen molar-refractivity contribution in [3.63, 3.8) is 0 Å². The number of methoxy groups -OCH3 is 1. The number of ether oxygens (including phenoxy) is 1. The highest BCUT2D eigenvalue weighted by molar-refractivity contribution is 5.88. The van der Waals surface area contributed by atoms with Crippen LogP contribution in [0.5, 0.6) is 5.75 Å². The van der Waals surface area contributed by atoms with Crippen LogP contribution < -0.4 is 15.5 Å². The lowest BCUT2D eigenvalue weighted by atomic mass is 9.97. The summed E-state index contributed by atoms with van der Waals surface area (Å²) in [6.45, 7) is 2.06. The molecule has 1 heterocycles. The molecule has 5 aromatic rings. The number of hydrogen-bond acceptors (Lipinski definition) is 6. The Morgan fingerprint density at radius 1 is 0.950 bits per heavy atom. The van der Waals surface area contributed by atoms with Gasteiger partial charge in [0.2, 0.25) is 11.8 Å². The molecule has 9 heteroatoms. The van der Waals surface area contributed by atoms with Crippen LogP contribution >= 0.6 is 0 Å². The van der Waals surface area contributed by atoms with Crippen molar-refractivity contribution < 1.29 is 19.5 Å². The van der Waals surface area contributed by atoms with Crippen molar-refractivity contribution in [1.29, 1.82) is 0 Å². The molecule has 0 aliphatic heterocycles. The molecule has 5 rings (SSSR count). The molecule has 0 radical (unpaired) electrons. The quantitative estimate of drug-likeness (QED) is 0.176. The minimum atomic E-state index is -0.529. The van der Waals surface area contributed by atoms with Crippen molar-refractivity contribution in [3.05, 3.63) is 102 Å². The largest absolute Gasteiger partial charge is 0.497 e. The number of fused-ring (bicyclic) bond motifs is 2. The van der Waals surface area contributed by atoms with E-state index < -0.39 is 11.9 Å². The zero-order valence-corrected chi connectivity index (χ0v) is 22.4. The number of aromatic nitrogens is 3. The second kappa shape index (κ2) is 12.0. The maximum atomic E-state index is 13.1. The normalized spacial score (nSPS) is 12.7. The molecule has 0 bridgehead atoms. The van der Waals surface area contributed by atoms with E-state index in [4.69, 9.17) is 4.74 Å². The summed E-state index contributed by atoms with van der Waals surface area (Å²) in [7, 11) is 1.64. The molecule has 0 aliphatic rings. The maximum Gasteiger partial charge on any atom is 0.245 e. The molecule has 0 saturated carbocycles. The Morgan fingerprint density at radius 3 is 2.48 bits per heavy atom. The van der Waals surface area contributed by atoms with E-state index in [9.17, 15) is 14.8 Å². The number of hydrogen-bond donors (Lipinski definition) is 3. The summed E-state index contributed by atoms with van der Waals surface area (Å²) >= 11 is 0. The summed E-state index contributed by atoms with van der Waals surface area (Å²) in [5, 5.41) is 24.8. The highest BCUT2D eigenvalue weighted by atomic mass is 16.5. The number of benzene rings is 4. The Morgan fingerprint density at radius 2 is 1.68 bits per heavy atom. The molecule has 0 saturated heterocycles. The number of carbonyl (C=O) groups excluding carboxylic acids is 2. The van der Waals surface area contributed by atoms with Gasteiger partial charge in [0.05, 0.1) is 43.9 Å². The third kappa shape index (κ3) is 5.94. The first-order chi connectivity index (χ1) is 19.4. The number of hydroxylamine groups is 1. The second-order valence-electron chi connectivity index (χ2n) is 9.86. The van der Waals surface area contributed by atoms with Crippen molar-refractivity contribution in [2.45, 2.75) is 38.3 Å². The van der Waals surface area contributed by atoms with E-state index in [1.54, 1.807) is 23.5 Å². The first-order valence-electron chi connectivity index (χ1n) is 13.1. The molecule has 2 atom stereocenters. The predicted molar refractivity (Wildman–Crippen MR) is 152 cm³/mol. The zero-order valence-electron chi connectivity index (χ0n) is 22.4. The number of nitrogens with zero attached hydrogens (tertiary/aromatic N) is 3. The highest BCUT2D eigenvalue weighted by Crippen LogP contribution is 2.26. The summed E-state index contributed by atoms with van der Waals surface area (Å²) in [4.78, 5) is 25.3. The van der Waals surface area contributed by atoms with Gasteiger partial charge in [-0.1, -0.05) is 71.9 Å². The smallest absolute Gasteiger partial charge is 0.245 e. The van der Waals surface area contributed by atoms with Gasteiger partial charge in [0.15, 0.2) is 0 Å². The van der Waals surface area contributed by atoms with Crippen molar-refractivity contribution in [2.75, 3.05) is 7.11 Å². The van der Waals surface area contributed by atoms with E-state index >= 15 is 0 Å². The number of rotatable bonds is 10. The van der Waals surface area contributed by atoms with Gasteiger partial charge in [-0.25, -0.2) is 10.2 Å². The van der Waals surface area contributed by atoms with E-state index in [0.717, 1.165) is 38.4 Å². The van der Waals surface area contributed by atoms with Gasteiger partial charge < -0.3 is 10.1 Å². The number of carbonyl (C=O) groups is 2. The number of amides is 2. The average molecular weight is 538 g/mol. The first-order valence-corrected chi connectivity index (χ1v) is 13.1. The Hall–Kier alpha value is -4.76. The van der Waals surface area contributed by atoms with Gasteiger partial charge in [-0.05, 0) is 58.1 Å². The van der Waals surface area contributed by atoms with E-state index in [2.05, 4.69) is 21.7 Å². The van der Waals surface area contributed by atoms with Crippen LogP contribution in [0, 0.1) is 0 Å². The lowest BCUT2D eigenvalue weighted by Crippen LogP contribution is -2.30. The zero-order chi connectivity index (χ0) is 28.1. The monoisotopic (exact) mass is 537 g/mol. The van der Waals surface area contributed by atoms with Gasteiger partial charge in [0.1, 0.15) is 5.75 Å². The molecule has 204 valence electrons. The van der Waals surface area contributed by atoms with Gasteiger partial charge in [0.25, 0.3) is 0 Å². The Labute approximate surface area is 231 Å². The Kier molecular flexibility index (Phi) is 8.02. The van der Waals surface area contributed by atoms with Crippen LogP contribution in [0.4, 0.5) is 0 Å². The van der Waals surface area contributed by atoms with Crippen molar-refractivity contribution in [1.82, 2.24) is 25.8 Å². The topological polar surface area (TPSA) is 118 Å². The van der Waals surface area contributed by atoms with E-state index in [0.29, 0.717) is 12.1 Å². The molecular weight excluding hydrogens is 506 g/mol. The molecular formula is C31H31N5O4. The molecule has 1 aromatic heterocycles. The SMILES string of the molecule is COc1ccc2cc([C@H](C)C(=O)NCc3cnnn3[C@@H](CC(=O)NO)Cc3ccc4ccccc4c3)ccc2c1. The van der Waals surface area contributed by atoms with Crippen LogP contribution in [-0.4, -0.2) is 39.1 Å². The maximum absolute atomic E-state index is 13.1. The Balaban J connectivity index is 1.31. The van der Waals surface area contributed by atoms with Crippen LogP contribution in [-0.2, 0) is 22.6 Å². The second-order valence-corrected chi connectivity index (χ2v) is 9.86. The number of nitrogens with one attached hydrogen (secondary N) is 2. The van der Waals surface area contributed by atoms with Gasteiger partial charge >= 0.3 is 0 Å². The molecule has 0 unspecified atom stereocenters. The standard InChI is InChI=1S/C31H31N5O4/c1-20(23-9-10-26-16-29(40-2)12-11-25(26)15-23)31(38)32-18-28-19-33-35-36(28)27(17-30(37)34-39)14-21-7-8-22-5-3-4-6-24(22)13-21/h3-13,15-16,19-20,27,39H,14,17-18H2,1-2H3,(H,32,38)(H,34,37)/t20-,27+/m0/s1. The van der Waals surface area contributed by atoms with Crippen LogP contribution in [0.3, 0.4) is 0 Å². The fraction of sp³-hybridized carbons (Fsp3) is 0.226. The first kappa shape index (κ1) is 26.8.